The van der Waals surface area contributed by atoms with Crippen molar-refractivity contribution in [2.75, 3.05) is 13.7 Å². The number of aromatic nitrogens is 2. The maximum absolute atomic E-state index is 12.2. The summed E-state index contributed by atoms with van der Waals surface area (Å²) in [6, 6.07) is 6.77. The minimum absolute atomic E-state index is 0.115. The number of hydrogen-bond donors (Lipinski definition) is 1. The topological polar surface area (TPSA) is 128 Å². The predicted molar refractivity (Wildman–Crippen MR) is 89.5 cm³/mol. The molecule has 0 radical (unpaired) electrons. The number of ether oxygens (including phenoxy) is 1. The van der Waals surface area contributed by atoms with Crippen LogP contribution in [-0.2, 0) is 22.7 Å². The van der Waals surface area contributed by atoms with E-state index in [2.05, 4.69) is 5.10 Å². The fourth-order valence-corrected chi connectivity index (χ4v) is 2.17. The lowest BCUT2D eigenvalue weighted by Crippen LogP contribution is -2.27. The summed E-state index contributed by atoms with van der Waals surface area (Å²) in [5.41, 5.74) is 0.745. The standard InChI is InChI=1S/C16H18N4O6/c1-18(9-12-2-4-14(5-3-12)26-11-16(22)23)15(21)6-7-19-10-13(8-17-19)20(24)25/h2-5,8,10H,6-7,9,11H2,1H3,(H,22,23). The van der Waals surface area contributed by atoms with Crippen LogP contribution in [0.3, 0.4) is 0 Å². The zero-order chi connectivity index (χ0) is 19.1. The number of nitrogens with zero attached hydrogens (tertiary/aromatic N) is 4. The molecule has 0 aliphatic carbocycles. The van der Waals surface area contributed by atoms with Crippen LogP contribution in [0.15, 0.2) is 36.7 Å². The van der Waals surface area contributed by atoms with E-state index in [1.54, 1.807) is 31.3 Å². The Morgan fingerprint density at radius 3 is 2.62 bits per heavy atom. The Hall–Kier alpha value is -3.43. The van der Waals surface area contributed by atoms with E-state index < -0.39 is 17.5 Å². The molecule has 138 valence electrons. The molecule has 1 heterocycles. The molecule has 0 unspecified atom stereocenters. The van der Waals surface area contributed by atoms with E-state index in [9.17, 15) is 19.7 Å². The number of carbonyl (C=O) groups excluding carboxylic acids is 1. The molecule has 2 aromatic rings. The van der Waals surface area contributed by atoms with Crippen molar-refractivity contribution < 1.29 is 24.4 Å². The Labute approximate surface area is 148 Å². The second-order valence-electron chi connectivity index (χ2n) is 5.54. The average molecular weight is 362 g/mol. The van der Waals surface area contributed by atoms with Gasteiger partial charge in [0.25, 0.3) is 0 Å². The SMILES string of the molecule is CN(Cc1ccc(OCC(=O)O)cc1)C(=O)CCn1cc([N+](=O)[O-])cn1. The maximum atomic E-state index is 12.2. The number of rotatable bonds is 9. The van der Waals surface area contributed by atoms with Crippen molar-refractivity contribution in [1.29, 1.82) is 0 Å². The van der Waals surface area contributed by atoms with E-state index >= 15 is 0 Å². The van der Waals surface area contributed by atoms with Crippen LogP contribution < -0.4 is 4.74 Å². The van der Waals surface area contributed by atoms with Gasteiger partial charge in [0.2, 0.25) is 5.91 Å². The third-order valence-electron chi connectivity index (χ3n) is 3.52. The minimum atomic E-state index is -1.05. The molecule has 0 atom stereocenters. The van der Waals surface area contributed by atoms with Crippen LogP contribution in [0.5, 0.6) is 5.75 Å². The summed E-state index contributed by atoms with van der Waals surface area (Å²) >= 11 is 0. The molecule has 0 fully saturated rings. The van der Waals surface area contributed by atoms with Gasteiger partial charge < -0.3 is 14.7 Å². The fraction of sp³-hybridized carbons (Fsp3) is 0.312. The van der Waals surface area contributed by atoms with E-state index in [4.69, 9.17) is 9.84 Å². The molecular formula is C16H18N4O6. The van der Waals surface area contributed by atoms with Crippen molar-refractivity contribution in [3.8, 4) is 5.75 Å². The predicted octanol–water partition coefficient (Wildman–Crippen LogP) is 1.30. The highest BCUT2D eigenvalue weighted by Gasteiger charge is 2.12. The van der Waals surface area contributed by atoms with Gasteiger partial charge in [-0.2, -0.15) is 5.10 Å². The smallest absolute Gasteiger partial charge is 0.341 e. The molecule has 1 amide bonds. The molecule has 2 rings (SSSR count). The highest BCUT2D eigenvalue weighted by molar-refractivity contribution is 5.75. The third kappa shape index (κ3) is 5.58. The quantitative estimate of drug-likeness (QED) is 0.526. The highest BCUT2D eigenvalue weighted by atomic mass is 16.6. The number of benzene rings is 1. The fourth-order valence-electron chi connectivity index (χ4n) is 2.17. The van der Waals surface area contributed by atoms with E-state index in [1.165, 1.54) is 15.8 Å². The van der Waals surface area contributed by atoms with Crippen LogP contribution in [-0.4, -0.2) is 50.2 Å². The molecule has 0 spiro atoms. The Morgan fingerprint density at radius 2 is 2.04 bits per heavy atom. The second-order valence-corrected chi connectivity index (χ2v) is 5.54. The number of carbonyl (C=O) groups is 2. The van der Waals surface area contributed by atoms with Crippen molar-refractivity contribution in [2.45, 2.75) is 19.5 Å². The summed E-state index contributed by atoms with van der Waals surface area (Å²) in [7, 11) is 1.66. The Bertz CT molecular complexity index is 786. The number of aryl methyl sites for hydroxylation is 1. The van der Waals surface area contributed by atoms with Crippen LogP contribution in [0.2, 0.25) is 0 Å². The number of carboxylic acids is 1. The van der Waals surface area contributed by atoms with Crippen molar-refractivity contribution in [3.63, 3.8) is 0 Å². The lowest BCUT2D eigenvalue weighted by molar-refractivity contribution is -0.385. The van der Waals surface area contributed by atoms with Crippen LogP contribution >= 0.6 is 0 Å². The van der Waals surface area contributed by atoms with Crippen LogP contribution in [0.25, 0.3) is 0 Å². The number of aliphatic carboxylic acids is 1. The maximum Gasteiger partial charge on any atom is 0.341 e. The summed E-state index contributed by atoms with van der Waals surface area (Å²) in [6.07, 6.45) is 2.58. The summed E-state index contributed by atoms with van der Waals surface area (Å²) < 4.78 is 6.40. The molecule has 0 aliphatic heterocycles. The van der Waals surface area contributed by atoms with Gasteiger partial charge in [-0.15, -0.1) is 0 Å². The normalized spacial score (nSPS) is 10.3. The number of carboxylic acid groups (broad SMARTS) is 1. The molecule has 0 aliphatic rings. The molecule has 26 heavy (non-hydrogen) atoms. The number of amides is 1. The minimum Gasteiger partial charge on any atom is -0.482 e. The van der Waals surface area contributed by atoms with Gasteiger partial charge in [-0.25, -0.2) is 4.79 Å². The Morgan fingerprint density at radius 1 is 1.35 bits per heavy atom. The summed E-state index contributed by atoms with van der Waals surface area (Å²) in [5, 5.41) is 23.0. The molecular weight excluding hydrogens is 344 g/mol. The van der Waals surface area contributed by atoms with Crippen molar-refractivity contribution >= 4 is 17.6 Å². The van der Waals surface area contributed by atoms with Crippen molar-refractivity contribution in [3.05, 3.63) is 52.3 Å². The van der Waals surface area contributed by atoms with Gasteiger partial charge in [-0.3, -0.25) is 19.6 Å². The van der Waals surface area contributed by atoms with Gasteiger partial charge in [0.05, 0.1) is 4.92 Å². The molecule has 0 saturated carbocycles. The first-order chi connectivity index (χ1) is 12.3. The van der Waals surface area contributed by atoms with Gasteiger partial charge in [-0.1, -0.05) is 12.1 Å². The molecule has 0 bridgehead atoms. The highest BCUT2D eigenvalue weighted by Crippen LogP contribution is 2.14. The Balaban J connectivity index is 1.82. The lowest BCUT2D eigenvalue weighted by atomic mass is 10.2. The van der Waals surface area contributed by atoms with E-state index in [-0.39, 0.29) is 24.6 Å². The summed E-state index contributed by atoms with van der Waals surface area (Å²) in [6.45, 7) is 0.208. The van der Waals surface area contributed by atoms with Gasteiger partial charge in [0.1, 0.15) is 18.1 Å². The van der Waals surface area contributed by atoms with Gasteiger partial charge in [0, 0.05) is 26.6 Å². The van der Waals surface area contributed by atoms with Gasteiger partial charge in [0.15, 0.2) is 6.61 Å². The van der Waals surface area contributed by atoms with Gasteiger partial charge >= 0.3 is 11.7 Å². The molecule has 10 heteroatoms. The van der Waals surface area contributed by atoms with Crippen LogP contribution in [0, 0.1) is 10.1 Å². The summed E-state index contributed by atoms with van der Waals surface area (Å²) in [5.74, 6) is -0.748. The molecule has 1 N–H and O–H groups in total. The molecule has 0 saturated heterocycles. The monoisotopic (exact) mass is 362 g/mol. The lowest BCUT2D eigenvalue weighted by Gasteiger charge is -2.17. The Kier molecular flexibility index (Phi) is 6.25. The van der Waals surface area contributed by atoms with Crippen molar-refractivity contribution in [2.24, 2.45) is 0 Å². The average Bonchev–Trinajstić information content (AvgIpc) is 3.08. The zero-order valence-corrected chi connectivity index (χ0v) is 14.1. The first kappa shape index (κ1) is 18.9. The van der Waals surface area contributed by atoms with Crippen LogP contribution in [0.4, 0.5) is 5.69 Å². The molecule has 10 nitrogen and oxygen atoms in total. The first-order valence-electron chi connectivity index (χ1n) is 7.69. The zero-order valence-electron chi connectivity index (χ0n) is 14.1. The van der Waals surface area contributed by atoms with Gasteiger partial charge in [-0.05, 0) is 17.7 Å². The first-order valence-corrected chi connectivity index (χ1v) is 7.69. The number of hydrogen-bond acceptors (Lipinski definition) is 6. The number of nitro groups is 1. The largest absolute Gasteiger partial charge is 0.482 e. The van der Waals surface area contributed by atoms with E-state index in [0.29, 0.717) is 12.3 Å². The van der Waals surface area contributed by atoms with Crippen molar-refractivity contribution in [1.82, 2.24) is 14.7 Å². The molecule has 1 aromatic heterocycles. The van der Waals surface area contributed by atoms with Crippen LogP contribution in [0.1, 0.15) is 12.0 Å². The second kappa shape index (κ2) is 8.60. The molecule has 1 aromatic carbocycles. The third-order valence-corrected chi connectivity index (χ3v) is 3.52. The van der Waals surface area contributed by atoms with E-state index in [1.807, 2.05) is 0 Å². The summed E-state index contributed by atoms with van der Waals surface area (Å²) in [4.78, 5) is 34.2. The van der Waals surface area contributed by atoms with E-state index in [0.717, 1.165) is 11.8 Å².